The summed E-state index contributed by atoms with van der Waals surface area (Å²) in [5, 5.41) is 5.81. The van der Waals surface area contributed by atoms with Gasteiger partial charge in [0.2, 0.25) is 0 Å². The second-order valence-corrected chi connectivity index (χ2v) is 8.67. The molecule has 0 fully saturated rings. The molecule has 1 aromatic heterocycles. The molecule has 0 aliphatic carbocycles. The Labute approximate surface area is 201 Å². The molecule has 3 aromatic rings. The molecule has 0 bridgehead atoms. The van der Waals surface area contributed by atoms with Gasteiger partial charge in [-0.25, -0.2) is 4.79 Å². The monoisotopic (exact) mass is 491 g/mol. The van der Waals surface area contributed by atoms with Crippen LogP contribution in [0, 0.1) is 0 Å². The summed E-state index contributed by atoms with van der Waals surface area (Å²) < 4.78 is 10.9. The van der Waals surface area contributed by atoms with Crippen molar-refractivity contribution in [1.29, 1.82) is 0 Å². The number of thiophene rings is 1. The molecular weight excluding hydrogens is 469 g/mol. The lowest BCUT2D eigenvalue weighted by molar-refractivity contribution is -0.122. The summed E-state index contributed by atoms with van der Waals surface area (Å²) in [7, 11) is 0. The predicted molar refractivity (Wildman–Crippen MR) is 130 cm³/mol. The van der Waals surface area contributed by atoms with Crippen LogP contribution in [0.3, 0.4) is 0 Å². The first-order chi connectivity index (χ1) is 15.3. The largest absolute Gasteiger partial charge is 0.479 e. The van der Waals surface area contributed by atoms with Gasteiger partial charge < -0.3 is 14.8 Å². The quantitative estimate of drug-likeness (QED) is 0.349. The summed E-state index contributed by atoms with van der Waals surface area (Å²) in [6.07, 6.45) is 0.0592. The molecule has 0 saturated carbocycles. The molecule has 2 aromatic carbocycles. The minimum atomic E-state index is -0.863. The van der Waals surface area contributed by atoms with Crippen LogP contribution in [0.1, 0.15) is 36.7 Å². The minimum absolute atomic E-state index is 0.227. The number of benzene rings is 2. The van der Waals surface area contributed by atoms with Crippen LogP contribution in [0.2, 0.25) is 10.0 Å². The zero-order valence-electron chi connectivity index (χ0n) is 17.9. The number of hydrogen-bond acceptors (Lipinski definition) is 5. The first kappa shape index (κ1) is 24.1. The molecule has 168 valence electrons. The fraction of sp³-hybridized carbons (Fsp3) is 0.250. The molecule has 8 heteroatoms. The Hall–Kier alpha value is -2.54. The normalized spacial score (nSPS) is 11.7. The van der Waals surface area contributed by atoms with E-state index in [0.717, 1.165) is 12.0 Å². The van der Waals surface area contributed by atoms with Crippen molar-refractivity contribution in [1.82, 2.24) is 0 Å². The molecule has 1 atom stereocenters. The van der Waals surface area contributed by atoms with Crippen molar-refractivity contribution in [2.24, 2.45) is 0 Å². The summed E-state index contributed by atoms with van der Waals surface area (Å²) in [6.45, 7) is 5.65. The second-order valence-electron chi connectivity index (χ2n) is 6.95. The molecule has 1 heterocycles. The van der Waals surface area contributed by atoms with Crippen molar-refractivity contribution < 1.29 is 19.1 Å². The van der Waals surface area contributed by atoms with Gasteiger partial charge in [0.15, 0.2) is 6.10 Å². The van der Waals surface area contributed by atoms with Gasteiger partial charge in [0.1, 0.15) is 16.3 Å². The van der Waals surface area contributed by atoms with Crippen LogP contribution in [0.15, 0.2) is 47.8 Å². The predicted octanol–water partition coefficient (Wildman–Crippen LogP) is 6.87. The Bertz CT molecular complexity index is 1110. The van der Waals surface area contributed by atoms with Gasteiger partial charge in [0.25, 0.3) is 5.91 Å². The number of amides is 1. The molecule has 0 aliphatic rings. The van der Waals surface area contributed by atoms with Crippen LogP contribution >= 0.6 is 34.5 Å². The van der Waals surface area contributed by atoms with Gasteiger partial charge >= 0.3 is 5.97 Å². The van der Waals surface area contributed by atoms with Crippen LogP contribution in [-0.4, -0.2) is 24.6 Å². The van der Waals surface area contributed by atoms with E-state index < -0.39 is 18.0 Å². The maximum Gasteiger partial charge on any atom is 0.341 e. The van der Waals surface area contributed by atoms with E-state index in [2.05, 4.69) is 12.2 Å². The van der Waals surface area contributed by atoms with Gasteiger partial charge in [-0.2, -0.15) is 0 Å². The number of nitrogens with one attached hydrogen (secondary N) is 1. The smallest absolute Gasteiger partial charge is 0.341 e. The summed E-state index contributed by atoms with van der Waals surface area (Å²) in [5.41, 5.74) is 3.10. The molecule has 0 aliphatic heterocycles. The van der Waals surface area contributed by atoms with Crippen molar-refractivity contribution in [3.63, 3.8) is 0 Å². The second kappa shape index (κ2) is 10.9. The Morgan fingerprint density at radius 1 is 1.09 bits per heavy atom. The number of esters is 1. The van der Waals surface area contributed by atoms with E-state index in [1.54, 1.807) is 26.0 Å². The topological polar surface area (TPSA) is 64.6 Å². The summed E-state index contributed by atoms with van der Waals surface area (Å²) in [4.78, 5) is 25.5. The number of rotatable bonds is 8. The van der Waals surface area contributed by atoms with Crippen LogP contribution in [0.5, 0.6) is 5.75 Å². The van der Waals surface area contributed by atoms with E-state index in [0.29, 0.717) is 31.9 Å². The zero-order chi connectivity index (χ0) is 23.3. The van der Waals surface area contributed by atoms with E-state index in [1.807, 2.05) is 29.6 Å². The molecule has 0 saturated heterocycles. The Morgan fingerprint density at radius 3 is 2.44 bits per heavy atom. The number of anilines is 1. The molecule has 32 heavy (non-hydrogen) atoms. The van der Waals surface area contributed by atoms with Gasteiger partial charge in [-0.3, -0.25) is 4.79 Å². The number of carbonyl (C=O) groups is 2. The van der Waals surface area contributed by atoms with Gasteiger partial charge in [-0.05, 0) is 49.6 Å². The Kier molecular flexibility index (Phi) is 8.18. The zero-order valence-corrected chi connectivity index (χ0v) is 20.2. The molecule has 3 rings (SSSR count). The van der Waals surface area contributed by atoms with E-state index >= 15 is 0 Å². The number of carbonyl (C=O) groups excluding carboxylic acids is 2. The summed E-state index contributed by atoms with van der Waals surface area (Å²) in [5.74, 6) is -0.573. The number of halogens is 2. The highest BCUT2D eigenvalue weighted by molar-refractivity contribution is 7.15. The van der Waals surface area contributed by atoms with Crippen LogP contribution in [0.25, 0.3) is 11.1 Å². The minimum Gasteiger partial charge on any atom is -0.479 e. The maximum absolute atomic E-state index is 12.8. The fourth-order valence-corrected chi connectivity index (χ4v) is 4.43. The number of ether oxygens (including phenoxy) is 2. The third-order valence-electron chi connectivity index (χ3n) is 4.75. The van der Waals surface area contributed by atoms with Crippen molar-refractivity contribution in [2.75, 3.05) is 11.9 Å². The Morgan fingerprint density at radius 2 is 1.81 bits per heavy atom. The van der Waals surface area contributed by atoms with Gasteiger partial charge in [-0.15, -0.1) is 11.3 Å². The first-order valence-electron chi connectivity index (χ1n) is 10.1. The van der Waals surface area contributed by atoms with Gasteiger partial charge in [0, 0.05) is 16.0 Å². The Balaban J connectivity index is 1.85. The molecule has 1 unspecified atom stereocenters. The summed E-state index contributed by atoms with van der Waals surface area (Å²) >= 11 is 13.3. The molecule has 1 amide bonds. The van der Waals surface area contributed by atoms with Crippen molar-refractivity contribution in [3.8, 4) is 16.9 Å². The van der Waals surface area contributed by atoms with Crippen LogP contribution in [0.4, 0.5) is 5.00 Å². The van der Waals surface area contributed by atoms with Crippen molar-refractivity contribution >= 4 is 51.4 Å². The lowest BCUT2D eigenvalue weighted by Gasteiger charge is -2.16. The molecule has 5 nitrogen and oxygen atoms in total. The SMILES string of the molecule is CCOC(=O)c1c(-c2ccc(CC)cc2)csc1NC(=O)C(C)Oc1ccc(Cl)cc1Cl. The lowest BCUT2D eigenvalue weighted by atomic mass is 10.0. The average molecular weight is 492 g/mol. The van der Waals surface area contributed by atoms with E-state index in [4.69, 9.17) is 32.7 Å². The van der Waals surface area contributed by atoms with Gasteiger partial charge in [-0.1, -0.05) is 54.4 Å². The van der Waals surface area contributed by atoms with Crippen LogP contribution in [-0.2, 0) is 16.0 Å². The molecule has 1 N–H and O–H groups in total. The van der Waals surface area contributed by atoms with Gasteiger partial charge in [0.05, 0.1) is 11.6 Å². The fourth-order valence-electron chi connectivity index (χ4n) is 3.02. The van der Waals surface area contributed by atoms with Crippen LogP contribution < -0.4 is 10.1 Å². The standard InChI is InChI=1S/C24H23Cl2NO4S/c1-4-15-6-8-16(9-7-15)18-13-32-23(21(18)24(29)30-5-2)27-22(28)14(3)31-20-11-10-17(25)12-19(20)26/h6-14H,4-5H2,1-3H3,(H,27,28). The maximum atomic E-state index is 12.8. The third kappa shape index (κ3) is 5.63. The number of aryl methyl sites for hydroxylation is 1. The first-order valence-corrected chi connectivity index (χ1v) is 11.8. The third-order valence-corrected chi connectivity index (χ3v) is 6.17. The van der Waals surface area contributed by atoms with E-state index in [-0.39, 0.29) is 6.61 Å². The highest BCUT2D eigenvalue weighted by atomic mass is 35.5. The molecule has 0 spiro atoms. The number of hydrogen-bond donors (Lipinski definition) is 1. The molecule has 0 radical (unpaired) electrons. The van der Waals surface area contributed by atoms with E-state index in [1.165, 1.54) is 23.0 Å². The lowest BCUT2D eigenvalue weighted by Crippen LogP contribution is -2.30. The van der Waals surface area contributed by atoms with E-state index in [9.17, 15) is 9.59 Å². The average Bonchev–Trinajstić information content (AvgIpc) is 3.19. The molecular formula is C24H23Cl2NO4S. The highest BCUT2D eigenvalue weighted by Gasteiger charge is 2.25. The highest BCUT2D eigenvalue weighted by Crippen LogP contribution is 2.37. The van der Waals surface area contributed by atoms with Crippen molar-refractivity contribution in [3.05, 3.63) is 69.0 Å². The van der Waals surface area contributed by atoms with Crippen molar-refractivity contribution in [2.45, 2.75) is 33.3 Å². The summed E-state index contributed by atoms with van der Waals surface area (Å²) in [6, 6.07) is 12.7.